The summed E-state index contributed by atoms with van der Waals surface area (Å²) in [4.78, 5) is 15.0. The van der Waals surface area contributed by atoms with E-state index in [0.29, 0.717) is 38.5 Å². The molecule has 1 saturated heterocycles. The zero-order valence-corrected chi connectivity index (χ0v) is 16.5. The fraction of sp³-hybridized carbons (Fsp3) is 0.474. The molecule has 140 valence electrons. The molecule has 0 spiro atoms. The molecule has 1 aromatic carbocycles. The van der Waals surface area contributed by atoms with Crippen LogP contribution in [0.5, 0.6) is 0 Å². The number of likely N-dealkylation sites (tertiary alicyclic amines) is 1. The molecule has 2 aromatic rings. The van der Waals surface area contributed by atoms with Crippen LogP contribution in [0.3, 0.4) is 0 Å². The molecule has 0 radical (unpaired) electrons. The molecule has 0 atom stereocenters. The minimum Gasteiger partial charge on any atom is -0.360 e. The Kier molecular flexibility index (Phi) is 6.22. The number of aryl methyl sites for hydroxylation is 1. The maximum atomic E-state index is 13.1. The molecule has 3 rings (SSSR count). The number of nitrogens with one attached hydrogen (secondary N) is 1. The van der Waals surface area contributed by atoms with Gasteiger partial charge in [0.1, 0.15) is 17.0 Å². The summed E-state index contributed by atoms with van der Waals surface area (Å²) < 4.78 is 5.32. The number of nitrogens with zero attached hydrogens (tertiary/aromatic N) is 2. The van der Waals surface area contributed by atoms with Gasteiger partial charge in [0.2, 0.25) is 0 Å². The molecule has 1 aliphatic heterocycles. The highest BCUT2D eigenvalue weighted by molar-refractivity contribution is 6.39. The Morgan fingerprint density at radius 3 is 2.58 bits per heavy atom. The molecule has 0 saturated carbocycles. The van der Waals surface area contributed by atoms with Crippen LogP contribution in [0.2, 0.25) is 10.0 Å². The van der Waals surface area contributed by atoms with E-state index in [-0.39, 0.29) is 5.91 Å². The topological polar surface area (TPSA) is 58.4 Å². The zero-order chi connectivity index (χ0) is 18.7. The number of hydrogen-bond acceptors (Lipinski definition) is 4. The van der Waals surface area contributed by atoms with E-state index in [1.165, 1.54) is 0 Å². The molecule has 26 heavy (non-hydrogen) atoms. The molecule has 1 amide bonds. The highest BCUT2D eigenvalue weighted by Crippen LogP contribution is 2.37. The van der Waals surface area contributed by atoms with Crippen LogP contribution < -0.4 is 5.32 Å². The van der Waals surface area contributed by atoms with E-state index in [4.69, 9.17) is 27.7 Å². The van der Waals surface area contributed by atoms with E-state index in [2.05, 4.69) is 10.5 Å². The first kappa shape index (κ1) is 19.2. The average molecular weight is 396 g/mol. The number of piperidine rings is 1. The van der Waals surface area contributed by atoms with E-state index >= 15 is 0 Å². The summed E-state index contributed by atoms with van der Waals surface area (Å²) in [5.41, 5.74) is 1.41. The number of benzene rings is 1. The van der Waals surface area contributed by atoms with E-state index in [9.17, 15) is 4.79 Å². The third-order valence-corrected chi connectivity index (χ3v) is 5.61. The first-order valence-electron chi connectivity index (χ1n) is 8.87. The summed E-state index contributed by atoms with van der Waals surface area (Å²) in [5.74, 6) is 1.08. The van der Waals surface area contributed by atoms with Gasteiger partial charge in [-0.1, -0.05) is 34.4 Å². The number of halogens is 2. The molecule has 1 aromatic heterocycles. The number of carbonyl (C=O) groups excluding carboxylic acids is 1. The van der Waals surface area contributed by atoms with Gasteiger partial charge in [-0.15, -0.1) is 0 Å². The number of amides is 1. The van der Waals surface area contributed by atoms with Crippen LogP contribution in [-0.2, 0) is 0 Å². The Morgan fingerprint density at radius 1 is 1.31 bits per heavy atom. The highest BCUT2D eigenvalue weighted by atomic mass is 35.5. The van der Waals surface area contributed by atoms with E-state index in [1.807, 2.05) is 11.9 Å². The van der Waals surface area contributed by atoms with Gasteiger partial charge >= 0.3 is 0 Å². The summed E-state index contributed by atoms with van der Waals surface area (Å²) in [7, 11) is 1.97. The summed E-state index contributed by atoms with van der Waals surface area (Å²) in [6.07, 6.45) is 3.17. The summed E-state index contributed by atoms with van der Waals surface area (Å²) in [5, 5.41) is 8.17. The Bertz CT molecular complexity index is 763. The van der Waals surface area contributed by atoms with Gasteiger partial charge in [-0.25, -0.2) is 0 Å². The van der Waals surface area contributed by atoms with Gasteiger partial charge in [0.25, 0.3) is 5.91 Å². The minimum atomic E-state index is -0.0678. The molecule has 0 aliphatic carbocycles. The molecule has 5 nitrogen and oxygen atoms in total. The maximum Gasteiger partial charge on any atom is 0.259 e. The minimum absolute atomic E-state index is 0.0678. The second-order valence-electron chi connectivity index (χ2n) is 6.69. The van der Waals surface area contributed by atoms with Crippen LogP contribution in [0.4, 0.5) is 0 Å². The van der Waals surface area contributed by atoms with E-state index in [1.54, 1.807) is 25.1 Å². The average Bonchev–Trinajstić information content (AvgIpc) is 3.01. The Balaban J connectivity index is 1.82. The van der Waals surface area contributed by atoms with Crippen molar-refractivity contribution in [3.63, 3.8) is 0 Å². The van der Waals surface area contributed by atoms with Gasteiger partial charge in [-0.05, 0) is 57.8 Å². The smallest absolute Gasteiger partial charge is 0.259 e. The molecule has 0 bridgehead atoms. The third kappa shape index (κ3) is 3.90. The summed E-state index contributed by atoms with van der Waals surface area (Å²) >= 11 is 12.6. The van der Waals surface area contributed by atoms with Crippen molar-refractivity contribution in [3.05, 3.63) is 39.6 Å². The normalized spacial score (nSPS) is 15.5. The van der Waals surface area contributed by atoms with Crippen molar-refractivity contribution in [2.24, 2.45) is 5.92 Å². The third-order valence-electron chi connectivity index (χ3n) is 4.98. The predicted octanol–water partition coefficient (Wildman–Crippen LogP) is 4.42. The first-order valence-corrected chi connectivity index (χ1v) is 9.63. The zero-order valence-electron chi connectivity index (χ0n) is 15.0. The van der Waals surface area contributed by atoms with Crippen molar-refractivity contribution in [2.45, 2.75) is 26.2 Å². The van der Waals surface area contributed by atoms with E-state index in [0.717, 1.165) is 38.9 Å². The maximum absolute atomic E-state index is 13.1. The van der Waals surface area contributed by atoms with Gasteiger partial charge in [0.05, 0.1) is 10.0 Å². The van der Waals surface area contributed by atoms with Crippen molar-refractivity contribution in [2.75, 3.05) is 26.7 Å². The van der Waals surface area contributed by atoms with Crippen molar-refractivity contribution in [1.82, 2.24) is 15.4 Å². The van der Waals surface area contributed by atoms with Crippen molar-refractivity contribution in [1.29, 1.82) is 0 Å². The monoisotopic (exact) mass is 395 g/mol. The van der Waals surface area contributed by atoms with Gasteiger partial charge < -0.3 is 14.7 Å². The number of rotatable bonds is 5. The number of hydrogen-bond donors (Lipinski definition) is 1. The van der Waals surface area contributed by atoms with Gasteiger partial charge in [-0.3, -0.25) is 4.79 Å². The van der Waals surface area contributed by atoms with Crippen molar-refractivity contribution >= 4 is 29.1 Å². The standard InChI is InChI=1S/C19H23Cl2N3O2/c1-12-16(18(23-26-12)17-14(20)4-3-5-15(17)21)19(25)24-10-7-13(8-11-24)6-9-22-2/h3-5,13,22H,6-11H2,1-2H3. The molecule has 0 unspecified atom stereocenters. The predicted molar refractivity (Wildman–Crippen MR) is 104 cm³/mol. The fourth-order valence-electron chi connectivity index (χ4n) is 3.45. The lowest BCUT2D eigenvalue weighted by atomic mass is 9.93. The van der Waals surface area contributed by atoms with E-state index < -0.39 is 0 Å². The molecular weight excluding hydrogens is 373 g/mol. The summed E-state index contributed by atoms with van der Waals surface area (Å²) in [6.45, 7) is 4.24. The van der Waals surface area contributed by atoms with Crippen LogP contribution in [0, 0.1) is 12.8 Å². The van der Waals surface area contributed by atoms with Crippen LogP contribution in [-0.4, -0.2) is 42.6 Å². The number of aromatic nitrogens is 1. The largest absolute Gasteiger partial charge is 0.360 e. The Morgan fingerprint density at radius 2 is 1.96 bits per heavy atom. The van der Waals surface area contributed by atoms with Gasteiger partial charge in [-0.2, -0.15) is 0 Å². The SMILES string of the molecule is CNCCC1CCN(C(=O)c2c(-c3c(Cl)cccc3Cl)noc2C)CC1. The molecule has 1 N–H and O–H groups in total. The lowest BCUT2D eigenvalue weighted by Crippen LogP contribution is -2.39. The first-order chi connectivity index (χ1) is 12.5. The molecule has 2 heterocycles. The lowest BCUT2D eigenvalue weighted by molar-refractivity contribution is 0.0686. The highest BCUT2D eigenvalue weighted by Gasteiger charge is 2.30. The molecular formula is C19H23Cl2N3O2. The second kappa shape index (κ2) is 8.42. The van der Waals surface area contributed by atoms with Gasteiger partial charge in [0, 0.05) is 18.7 Å². The molecule has 7 heteroatoms. The van der Waals surface area contributed by atoms with Gasteiger partial charge in [0.15, 0.2) is 0 Å². The van der Waals surface area contributed by atoms with Crippen molar-refractivity contribution < 1.29 is 9.32 Å². The Hall–Kier alpha value is -1.56. The second-order valence-corrected chi connectivity index (χ2v) is 7.50. The van der Waals surface area contributed by atoms with Crippen LogP contribution >= 0.6 is 23.2 Å². The van der Waals surface area contributed by atoms with Crippen LogP contribution in [0.1, 0.15) is 35.4 Å². The molecule has 1 aliphatic rings. The summed E-state index contributed by atoms with van der Waals surface area (Å²) in [6, 6.07) is 5.22. The number of carbonyl (C=O) groups is 1. The quantitative estimate of drug-likeness (QED) is 0.813. The van der Waals surface area contributed by atoms with Crippen LogP contribution in [0.15, 0.2) is 22.7 Å². The Labute approximate surface area is 163 Å². The van der Waals surface area contributed by atoms with Crippen LogP contribution in [0.25, 0.3) is 11.3 Å². The lowest BCUT2D eigenvalue weighted by Gasteiger charge is -2.32. The van der Waals surface area contributed by atoms with Crippen molar-refractivity contribution in [3.8, 4) is 11.3 Å². The fourth-order valence-corrected chi connectivity index (χ4v) is 4.03. The molecule has 1 fully saturated rings.